The second kappa shape index (κ2) is 9.66. The largest absolute Gasteiger partial charge is 0.591 e. The second-order valence-corrected chi connectivity index (χ2v) is 18.2. The van der Waals surface area contributed by atoms with Gasteiger partial charge in [-0.15, -0.1) is 0 Å². The first-order valence-electron chi connectivity index (χ1n) is 10.8. The van der Waals surface area contributed by atoms with Crippen molar-refractivity contribution in [1.82, 2.24) is 0 Å². The number of rotatable bonds is 7. The summed E-state index contributed by atoms with van der Waals surface area (Å²) in [5.74, 6) is 1.61. The van der Waals surface area contributed by atoms with Crippen LogP contribution in [0, 0.1) is 0 Å². The van der Waals surface area contributed by atoms with Crippen molar-refractivity contribution < 1.29 is 13.7 Å². The predicted octanol–water partition coefficient (Wildman–Crippen LogP) is 7.10. The summed E-state index contributed by atoms with van der Waals surface area (Å²) in [7, 11) is -1.98. The van der Waals surface area contributed by atoms with Gasteiger partial charge in [-0.25, -0.2) is 0 Å². The van der Waals surface area contributed by atoms with E-state index in [1.807, 2.05) is 33.8 Å². The average Bonchev–Trinajstić information content (AvgIpc) is 2.51. The highest BCUT2D eigenvalue weighted by Gasteiger charge is 2.39. The Kier molecular flexibility index (Phi) is 8.71. The van der Waals surface area contributed by atoms with Gasteiger partial charge in [0.05, 0.1) is 5.71 Å². The molecular weight excluding hydrogens is 410 g/mol. The van der Waals surface area contributed by atoms with Crippen molar-refractivity contribution in [3.8, 4) is 11.5 Å². The fraction of sp³-hybridized carbons (Fsp3) is 0.708. The van der Waals surface area contributed by atoms with Gasteiger partial charge in [0.25, 0.3) is 8.32 Å². The van der Waals surface area contributed by atoms with Gasteiger partial charge in [-0.2, -0.15) is 0 Å². The van der Waals surface area contributed by atoms with Gasteiger partial charge >= 0.3 is 0 Å². The summed E-state index contributed by atoms with van der Waals surface area (Å²) in [6.07, 6.45) is 1.58. The molecule has 1 aromatic rings. The lowest BCUT2D eigenvalue weighted by atomic mass is 10.1. The molecule has 172 valence electrons. The Morgan fingerprint density at radius 2 is 1.57 bits per heavy atom. The summed E-state index contributed by atoms with van der Waals surface area (Å²) < 4.78 is 29.1. The van der Waals surface area contributed by atoms with E-state index in [-0.39, 0.29) is 15.4 Å². The molecule has 0 spiro atoms. The molecule has 0 fully saturated rings. The fourth-order valence-corrected chi connectivity index (χ4v) is 3.95. The molecule has 6 heteroatoms. The number of hydrogen-bond donors (Lipinski definition) is 0. The van der Waals surface area contributed by atoms with Crippen molar-refractivity contribution in [2.75, 3.05) is 0 Å². The van der Waals surface area contributed by atoms with Crippen LogP contribution < -0.4 is 9.16 Å². The molecule has 1 aromatic carbocycles. The molecule has 1 rings (SSSR count). The molecule has 0 aliphatic heterocycles. The average molecular weight is 454 g/mol. The Labute approximate surface area is 189 Å². The third-order valence-corrected chi connectivity index (χ3v) is 11.0. The maximum atomic E-state index is 12.2. The van der Waals surface area contributed by atoms with E-state index in [0.717, 1.165) is 35.6 Å². The predicted molar refractivity (Wildman–Crippen MR) is 134 cm³/mol. The van der Waals surface area contributed by atoms with E-state index >= 15 is 0 Å². The van der Waals surface area contributed by atoms with Gasteiger partial charge in [0.1, 0.15) is 27.5 Å². The van der Waals surface area contributed by atoms with Crippen molar-refractivity contribution in [2.45, 2.75) is 111 Å². The molecule has 1 atom stereocenters. The van der Waals surface area contributed by atoms with Crippen LogP contribution in [0.2, 0.25) is 18.1 Å². The molecule has 30 heavy (non-hydrogen) atoms. The zero-order chi connectivity index (χ0) is 23.5. The van der Waals surface area contributed by atoms with Crippen LogP contribution in [-0.2, 0) is 17.8 Å². The molecule has 0 saturated heterocycles. The van der Waals surface area contributed by atoms with Gasteiger partial charge in [-0.3, -0.25) is 0 Å². The van der Waals surface area contributed by atoms with E-state index in [0.29, 0.717) is 0 Å². The van der Waals surface area contributed by atoms with Crippen LogP contribution in [0.1, 0.15) is 81.2 Å². The van der Waals surface area contributed by atoms with Crippen LogP contribution in [0.4, 0.5) is 0 Å². The topological polar surface area (TPSA) is 53.9 Å². The van der Waals surface area contributed by atoms with Gasteiger partial charge in [-0.1, -0.05) is 31.2 Å². The molecule has 0 N–H and O–H groups in total. The van der Waals surface area contributed by atoms with Crippen LogP contribution in [0.15, 0.2) is 22.6 Å². The minimum absolute atomic E-state index is 0.112. The quantitative estimate of drug-likeness (QED) is 0.251. The number of benzene rings is 1. The summed E-state index contributed by atoms with van der Waals surface area (Å²) in [5, 5.41) is 0.112. The number of nitrogens with zero attached hydrogens (tertiary/aromatic N) is 1. The van der Waals surface area contributed by atoms with Crippen molar-refractivity contribution in [3.63, 3.8) is 0 Å². The van der Waals surface area contributed by atoms with E-state index in [4.69, 9.17) is 9.16 Å². The van der Waals surface area contributed by atoms with Crippen molar-refractivity contribution in [2.24, 2.45) is 4.40 Å². The highest BCUT2D eigenvalue weighted by Crippen LogP contribution is 2.41. The second-order valence-electron chi connectivity index (χ2n) is 11.5. The van der Waals surface area contributed by atoms with E-state index in [1.165, 1.54) is 0 Å². The lowest BCUT2D eigenvalue weighted by Crippen LogP contribution is -2.44. The molecule has 0 aromatic heterocycles. The summed E-state index contributed by atoms with van der Waals surface area (Å²) in [6.45, 7) is 25.1. The molecule has 0 saturated carbocycles. The Morgan fingerprint density at radius 1 is 1.00 bits per heavy atom. The highest BCUT2D eigenvalue weighted by molar-refractivity contribution is 7.91. The lowest BCUT2D eigenvalue weighted by molar-refractivity contribution is 0.127. The monoisotopic (exact) mass is 453 g/mol. The third-order valence-electron chi connectivity index (χ3n) is 5.13. The Balaban J connectivity index is 3.09. The first-order chi connectivity index (χ1) is 13.3. The lowest BCUT2D eigenvalue weighted by Gasteiger charge is -2.37. The summed E-state index contributed by atoms with van der Waals surface area (Å²) in [4.78, 5) is 0. The fourth-order valence-electron chi connectivity index (χ4n) is 2.28. The summed E-state index contributed by atoms with van der Waals surface area (Å²) >= 11 is -1.22. The van der Waals surface area contributed by atoms with Crippen molar-refractivity contribution in [1.29, 1.82) is 0 Å². The molecule has 0 bridgehead atoms. The molecule has 0 aliphatic rings. The van der Waals surface area contributed by atoms with E-state index in [9.17, 15) is 4.55 Å². The van der Waals surface area contributed by atoms with Crippen molar-refractivity contribution >= 4 is 25.4 Å². The van der Waals surface area contributed by atoms with Gasteiger partial charge < -0.3 is 13.7 Å². The van der Waals surface area contributed by atoms with Gasteiger partial charge in [-0.05, 0) is 97.1 Å². The van der Waals surface area contributed by atoms with E-state index in [1.54, 1.807) is 0 Å². The smallest absolute Gasteiger partial charge is 0.250 e. The van der Waals surface area contributed by atoms with Crippen LogP contribution >= 0.6 is 0 Å². The zero-order valence-electron chi connectivity index (χ0n) is 21.2. The van der Waals surface area contributed by atoms with E-state index < -0.39 is 19.7 Å². The third kappa shape index (κ3) is 8.64. The normalized spacial score (nSPS) is 15.2. The first kappa shape index (κ1) is 27.1. The summed E-state index contributed by atoms with van der Waals surface area (Å²) in [6, 6.07) is 6.23. The summed E-state index contributed by atoms with van der Waals surface area (Å²) in [5.41, 5.74) is 1.75. The Hall–Kier alpha value is -0.983. The minimum Gasteiger partial charge on any atom is -0.591 e. The first-order valence-corrected chi connectivity index (χ1v) is 14.8. The maximum absolute atomic E-state index is 12.2. The highest BCUT2D eigenvalue weighted by atomic mass is 32.2. The number of ether oxygens (including phenoxy) is 1. The van der Waals surface area contributed by atoms with Crippen LogP contribution in [0.3, 0.4) is 0 Å². The van der Waals surface area contributed by atoms with Gasteiger partial charge in [0, 0.05) is 0 Å². The van der Waals surface area contributed by atoms with E-state index in [2.05, 4.69) is 71.2 Å². The zero-order valence-corrected chi connectivity index (χ0v) is 23.0. The van der Waals surface area contributed by atoms with Crippen molar-refractivity contribution in [3.05, 3.63) is 23.8 Å². The van der Waals surface area contributed by atoms with Crippen LogP contribution in [-0.4, -0.2) is 28.9 Å². The van der Waals surface area contributed by atoms with Crippen LogP contribution in [0.25, 0.3) is 0 Å². The molecule has 0 amide bonds. The van der Waals surface area contributed by atoms with Crippen LogP contribution in [0.5, 0.6) is 11.5 Å². The molecule has 0 heterocycles. The van der Waals surface area contributed by atoms with Gasteiger partial charge in [0.15, 0.2) is 5.75 Å². The molecule has 0 radical (unpaired) electrons. The number of hydrogen-bond acceptors (Lipinski definition) is 4. The Morgan fingerprint density at radius 3 is 2.03 bits per heavy atom. The Bertz CT molecular complexity index is 740. The maximum Gasteiger partial charge on any atom is 0.250 e. The SMILES string of the molecule is C/C(CCc1ccc(O[Si](C)(C)C(C)(C)C)c(OC(C)(C)C)c1)=N\[S+]([O-])C(C)(C)C. The van der Waals surface area contributed by atoms with Gasteiger partial charge in [0.2, 0.25) is 0 Å². The molecule has 1 unspecified atom stereocenters. The minimum atomic E-state index is -1.98. The number of aryl methyl sites for hydroxylation is 1. The standard InChI is InChI=1S/C24H43NO3SSi/c1-18(25-29(26)23(5,6)7)13-14-19-15-16-20(21(17-19)27-22(2,3)4)28-30(11,12)24(8,9)10/h15-17H,13-14H2,1-12H3/b25-18+. The molecule has 0 aliphatic carbocycles. The molecule has 4 nitrogen and oxygen atoms in total. The molecular formula is C24H43NO3SSi.